The van der Waals surface area contributed by atoms with Crippen molar-refractivity contribution in [3.63, 3.8) is 0 Å². The van der Waals surface area contributed by atoms with Crippen molar-refractivity contribution in [3.05, 3.63) is 75.5 Å². The second kappa shape index (κ2) is 7.38. The lowest BCUT2D eigenvalue weighted by molar-refractivity contribution is 0.0740. The number of hydrogen-bond donors (Lipinski definition) is 0. The zero-order valence-corrected chi connectivity index (χ0v) is 15.9. The Bertz CT molecular complexity index is 1010. The lowest BCUT2D eigenvalue weighted by atomic mass is 9.90. The van der Waals surface area contributed by atoms with E-state index in [1.165, 1.54) is 16.9 Å². The predicted octanol–water partition coefficient (Wildman–Crippen LogP) is 5.63. The molecule has 0 N–H and O–H groups in total. The molecule has 0 radical (unpaired) electrons. The maximum atomic E-state index is 12.5. The molecule has 0 bridgehead atoms. The summed E-state index contributed by atoms with van der Waals surface area (Å²) in [5.74, 6) is 0.941. The van der Waals surface area contributed by atoms with Crippen molar-refractivity contribution in [1.29, 1.82) is 5.26 Å². The van der Waals surface area contributed by atoms with Gasteiger partial charge in [0, 0.05) is 4.88 Å². The summed E-state index contributed by atoms with van der Waals surface area (Å²) in [7, 11) is 0. The van der Waals surface area contributed by atoms with E-state index >= 15 is 0 Å². The third kappa shape index (κ3) is 3.79. The summed E-state index contributed by atoms with van der Waals surface area (Å²) in [4.78, 5) is 14.5. The maximum Gasteiger partial charge on any atom is 0.353 e. The van der Waals surface area contributed by atoms with E-state index in [1.807, 2.05) is 30.3 Å². The molecule has 3 aromatic rings. The fraction of sp³-hybridized carbons (Fsp3) is 0.217. The number of ether oxygens (including phenoxy) is 1. The molecule has 4 rings (SSSR count). The van der Waals surface area contributed by atoms with E-state index in [2.05, 4.69) is 13.0 Å². The minimum Gasteiger partial charge on any atom is -0.422 e. The van der Waals surface area contributed by atoms with Crippen LogP contribution in [0.2, 0.25) is 0 Å². The number of esters is 1. The van der Waals surface area contributed by atoms with Crippen LogP contribution in [0.15, 0.2) is 54.6 Å². The minimum absolute atomic E-state index is 0.284. The smallest absolute Gasteiger partial charge is 0.353 e. The second-order valence-corrected chi connectivity index (χ2v) is 8.15. The largest absolute Gasteiger partial charge is 0.422 e. The minimum atomic E-state index is -0.284. The number of carbonyl (C=O) groups is 1. The summed E-state index contributed by atoms with van der Waals surface area (Å²) >= 11 is 1.57. The van der Waals surface area contributed by atoms with Gasteiger partial charge >= 0.3 is 5.97 Å². The van der Waals surface area contributed by atoms with Crippen molar-refractivity contribution in [2.24, 2.45) is 5.92 Å². The van der Waals surface area contributed by atoms with Gasteiger partial charge in [0.05, 0.1) is 11.6 Å². The van der Waals surface area contributed by atoms with Gasteiger partial charge in [0.15, 0.2) is 0 Å². The number of thiophene rings is 1. The highest BCUT2D eigenvalue weighted by atomic mass is 32.1. The van der Waals surface area contributed by atoms with E-state index in [0.717, 1.165) is 24.0 Å². The lowest BCUT2D eigenvalue weighted by Crippen LogP contribution is -2.08. The molecule has 4 heteroatoms. The molecule has 1 aliphatic rings. The van der Waals surface area contributed by atoms with Gasteiger partial charge in [0.1, 0.15) is 10.6 Å². The van der Waals surface area contributed by atoms with Crippen molar-refractivity contribution in [3.8, 4) is 22.9 Å². The lowest BCUT2D eigenvalue weighted by Gasteiger charge is -2.16. The Balaban J connectivity index is 1.46. The van der Waals surface area contributed by atoms with Gasteiger partial charge in [0.25, 0.3) is 0 Å². The third-order valence-corrected chi connectivity index (χ3v) is 6.16. The first-order valence-electron chi connectivity index (χ1n) is 9.07. The molecule has 0 saturated heterocycles. The fourth-order valence-corrected chi connectivity index (χ4v) is 4.50. The van der Waals surface area contributed by atoms with Gasteiger partial charge in [0.2, 0.25) is 0 Å². The highest BCUT2D eigenvalue weighted by molar-refractivity contribution is 7.14. The van der Waals surface area contributed by atoms with Crippen molar-refractivity contribution in [1.82, 2.24) is 0 Å². The van der Waals surface area contributed by atoms with Crippen molar-refractivity contribution in [2.75, 3.05) is 0 Å². The molecule has 0 fully saturated rings. The Morgan fingerprint density at radius 1 is 1.11 bits per heavy atom. The van der Waals surface area contributed by atoms with Crippen LogP contribution in [-0.2, 0) is 12.8 Å². The van der Waals surface area contributed by atoms with Crippen LogP contribution in [0.25, 0.3) is 11.1 Å². The van der Waals surface area contributed by atoms with Crippen LogP contribution in [0.5, 0.6) is 5.75 Å². The van der Waals surface area contributed by atoms with Gasteiger partial charge < -0.3 is 4.74 Å². The average molecular weight is 373 g/mol. The molecule has 0 aliphatic heterocycles. The number of nitrogens with zero attached hydrogens (tertiary/aromatic N) is 1. The normalized spacial score (nSPS) is 15.6. The van der Waals surface area contributed by atoms with Crippen molar-refractivity contribution in [2.45, 2.75) is 26.2 Å². The van der Waals surface area contributed by atoms with Crippen LogP contribution in [0, 0.1) is 17.2 Å². The zero-order chi connectivity index (χ0) is 18.8. The van der Waals surface area contributed by atoms with E-state index in [1.54, 1.807) is 35.6 Å². The van der Waals surface area contributed by atoms with Crippen LogP contribution in [0.3, 0.4) is 0 Å². The summed E-state index contributed by atoms with van der Waals surface area (Å²) in [6.45, 7) is 2.26. The topological polar surface area (TPSA) is 50.1 Å². The number of aryl methyl sites for hydroxylation is 1. The third-order valence-electron chi connectivity index (χ3n) is 4.94. The zero-order valence-electron chi connectivity index (χ0n) is 15.1. The molecule has 1 atom stereocenters. The van der Waals surface area contributed by atoms with Gasteiger partial charge in [-0.05, 0) is 72.2 Å². The molecular weight excluding hydrogens is 354 g/mol. The number of fused-ring (bicyclic) bond motifs is 1. The molecule has 0 spiro atoms. The monoisotopic (exact) mass is 373 g/mol. The molecule has 27 heavy (non-hydrogen) atoms. The first-order chi connectivity index (χ1) is 13.1. The first-order valence-corrected chi connectivity index (χ1v) is 9.88. The Labute approximate surface area is 162 Å². The summed E-state index contributed by atoms with van der Waals surface area (Å²) < 4.78 is 5.56. The van der Waals surface area contributed by atoms with Crippen molar-refractivity contribution >= 4 is 17.3 Å². The number of carbonyl (C=O) groups excluding carboxylic acids is 1. The summed E-state index contributed by atoms with van der Waals surface area (Å²) in [5, 5.41) is 8.88. The van der Waals surface area contributed by atoms with Gasteiger partial charge in [-0.15, -0.1) is 11.3 Å². The van der Waals surface area contributed by atoms with Gasteiger partial charge in [-0.1, -0.05) is 31.2 Å². The predicted molar refractivity (Wildman–Crippen MR) is 107 cm³/mol. The molecule has 1 aromatic heterocycles. The number of nitriles is 1. The van der Waals surface area contributed by atoms with E-state index in [0.29, 0.717) is 22.1 Å². The molecule has 3 nitrogen and oxygen atoms in total. The summed E-state index contributed by atoms with van der Waals surface area (Å²) in [5.41, 5.74) is 3.98. The quantitative estimate of drug-likeness (QED) is 0.441. The fourth-order valence-electron chi connectivity index (χ4n) is 3.42. The number of hydrogen-bond acceptors (Lipinski definition) is 4. The Morgan fingerprint density at radius 3 is 2.44 bits per heavy atom. The van der Waals surface area contributed by atoms with E-state index < -0.39 is 0 Å². The standard InChI is InChI=1S/C23H19NO2S/c1-15-2-11-21-19(12-15)13-22(27-21)23(25)26-20-9-7-18(8-10-20)17-5-3-16(14-24)4-6-17/h3-10,13,15H,2,11-12H2,1H3/t15-/m1/s1. The molecule has 0 saturated carbocycles. The molecular formula is C23H19NO2S. The summed E-state index contributed by atoms with van der Waals surface area (Å²) in [6.07, 6.45) is 3.31. The Hall–Kier alpha value is -2.90. The van der Waals surface area contributed by atoms with Gasteiger partial charge in [-0.25, -0.2) is 4.79 Å². The van der Waals surface area contributed by atoms with Crippen LogP contribution in [0.4, 0.5) is 0 Å². The average Bonchev–Trinajstić information content (AvgIpc) is 3.12. The highest BCUT2D eigenvalue weighted by Gasteiger charge is 2.21. The number of benzene rings is 2. The molecule has 1 aliphatic carbocycles. The van der Waals surface area contributed by atoms with E-state index in [-0.39, 0.29) is 5.97 Å². The Morgan fingerprint density at radius 2 is 1.78 bits per heavy atom. The maximum absolute atomic E-state index is 12.5. The van der Waals surface area contributed by atoms with E-state index in [4.69, 9.17) is 10.00 Å². The number of rotatable bonds is 3. The van der Waals surface area contributed by atoms with Crippen LogP contribution < -0.4 is 4.74 Å². The molecule has 1 heterocycles. The first kappa shape index (κ1) is 17.5. The van der Waals surface area contributed by atoms with Crippen LogP contribution >= 0.6 is 11.3 Å². The molecule has 0 amide bonds. The van der Waals surface area contributed by atoms with Gasteiger partial charge in [-0.2, -0.15) is 5.26 Å². The molecule has 134 valence electrons. The van der Waals surface area contributed by atoms with E-state index in [9.17, 15) is 4.79 Å². The highest BCUT2D eigenvalue weighted by Crippen LogP contribution is 2.33. The van der Waals surface area contributed by atoms with Crippen LogP contribution in [-0.4, -0.2) is 5.97 Å². The molecule has 2 aromatic carbocycles. The Kier molecular flexibility index (Phi) is 4.79. The summed E-state index contributed by atoms with van der Waals surface area (Å²) in [6, 6.07) is 19.0. The van der Waals surface area contributed by atoms with Crippen LogP contribution in [0.1, 0.15) is 39.0 Å². The SMILES string of the molecule is C[C@@H]1CCc2sc(C(=O)Oc3ccc(-c4ccc(C#N)cc4)cc3)cc2C1. The van der Waals surface area contributed by atoms with Gasteiger partial charge in [-0.3, -0.25) is 0 Å². The van der Waals surface area contributed by atoms with Crippen molar-refractivity contribution < 1.29 is 9.53 Å². The molecule has 0 unspecified atom stereocenters. The second-order valence-electron chi connectivity index (χ2n) is 7.01.